The molecule has 1 aromatic heterocycles. The summed E-state index contributed by atoms with van der Waals surface area (Å²) in [7, 11) is 0. The molecule has 0 amide bonds. The minimum Gasteiger partial charge on any atom is -0.258 e. The van der Waals surface area contributed by atoms with E-state index in [0.717, 1.165) is 5.56 Å². The molecule has 0 N–H and O–H groups in total. The van der Waals surface area contributed by atoms with Crippen LogP contribution in [0.4, 0.5) is 14.5 Å². The second kappa shape index (κ2) is 6.72. The van der Waals surface area contributed by atoms with Crippen molar-refractivity contribution in [3.05, 3.63) is 75.5 Å². The topological polar surface area (TPSA) is 84.8 Å². The molecule has 0 atom stereocenters. The first-order valence-electron chi connectivity index (χ1n) is 7.55. The van der Waals surface area contributed by atoms with Crippen LogP contribution in [0.2, 0.25) is 0 Å². The van der Waals surface area contributed by atoms with E-state index < -0.39 is 17.0 Å². The molecule has 6 nitrogen and oxygen atoms in total. The average Bonchev–Trinajstić information content (AvgIpc) is 3.02. The fraction of sp³-hybridized carbons (Fsp3) is 0.111. The molecule has 0 fully saturated rings. The summed E-state index contributed by atoms with van der Waals surface area (Å²) >= 11 is 0. The van der Waals surface area contributed by atoms with Gasteiger partial charge in [0.1, 0.15) is 17.3 Å². The number of halogens is 2. The highest BCUT2D eigenvalue weighted by molar-refractivity contribution is 5.71. The fourth-order valence-corrected chi connectivity index (χ4v) is 2.58. The summed E-state index contributed by atoms with van der Waals surface area (Å²) in [4.78, 5) is 10.2. The molecule has 1 heterocycles. The minimum atomic E-state index is -2.92. The second-order valence-electron chi connectivity index (χ2n) is 5.57. The fourth-order valence-electron chi connectivity index (χ4n) is 2.58. The van der Waals surface area contributed by atoms with E-state index in [1.54, 1.807) is 30.3 Å². The van der Waals surface area contributed by atoms with Crippen LogP contribution < -0.4 is 0 Å². The maximum atomic E-state index is 13.4. The Kier molecular flexibility index (Phi) is 4.45. The molecule has 0 unspecified atom stereocenters. The Hall–Kier alpha value is -3.60. The smallest absolute Gasteiger partial charge is 0.258 e. The van der Waals surface area contributed by atoms with Crippen molar-refractivity contribution in [3.8, 4) is 23.0 Å². The highest BCUT2D eigenvalue weighted by Crippen LogP contribution is 2.33. The van der Waals surface area contributed by atoms with E-state index in [2.05, 4.69) is 5.10 Å². The van der Waals surface area contributed by atoms with Gasteiger partial charge in [0.2, 0.25) is 0 Å². The molecule has 0 aliphatic heterocycles. The molecule has 2 aromatic carbocycles. The van der Waals surface area contributed by atoms with E-state index in [0.29, 0.717) is 11.3 Å². The Bertz CT molecular complexity index is 1000. The van der Waals surface area contributed by atoms with Crippen molar-refractivity contribution in [2.24, 2.45) is 0 Å². The average molecular weight is 354 g/mol. The van der Waals surface area contributed by atoms with Crippen LogP contribution in [-0.2, 0) is 0 Å². The number of nitro benzene ring substituents is 1. The SMILES string of the molecule is Cc1ccc(-c2c(C#N)c(C(F)F)nn2-c2ccc([N+](=O)[O-])cc2)cc1. The van der Waals surface area contributed by atoms with Crippen LogP contribution in [-0.4, -0.2) is 14.7 Å². The number of alkyl halides is 2. The lowest BCUT2D eigenvalue weighted by molar-refractivity contribution is -0.384. The standard InChI is InChI=1S/C18H12F2N4O2/c1-11-2-4-12(5-3-11)17-15(10-21)16(18(19)20)22-23(17)13-6-8-14(9-7-13)24(25)26/h2-9,18H,1H3. The van der Waals surface area contributed by atoms with Gasteiger partial charge in [0.25, 0.3) is 12.1 Å². The van der Waals surface area contributed by atoms with Crippen LogP contribution in [0.3, 0.4) is 0 Å². The monoisotopic (exact) mass is 354 g/mol. The number of nitro groups is 1. The zero-order valence-corrected chi connectivity index (χ0v) is 13.6. The van der Waals surface area contributed by atoms with E-state index in [1.165, 1.54) is 28.9 Å². The van der Waals surface area contributed by atoms with Gasteiger partial charge in [0.05, 0.1) is 16.3 Å². The molecule has 0 aliphatic rings. The number of hydrogen-bond acceptors (Lipinski definition) is 4. The Morgan fingerprint density at radius 2 is 1.77 bits per heavy atom. The van der Waals surface area contributed by atoms with Crippen LogP contribution in [0.1, 0.15) is 23.2 Å². The van der Waals surface area contributed by atoms with E-state index in [1.807, 2.05) is 6.92 Å². The number of nitriles is 1. The summed E-state index contributed by atoms with van der Waals surface area (Å²) in [5.74, 6) is 0. The van der Waals surface area contributed by atoms with Gasteiger partial charge < -0.3 is 0 Å². The van der Waals surface area contributed by atoms with E-state index >= 15 is 0 Å². The molecule has 8 heteroatoms. The highest BCUT2D eigenvalue weighted by atomic mass is 19.3. The highest BCUT2D eigenvalue weighted by Gasteiger charge is 2.26. The van der Waals surface area contributed by atoms with Crippen LogP contribution in [0.5, 0.6) is 0 Å². The van der Waals surface area contributed by atoms with Gasteiger partial charge in [-0.1, -0.05) is 29.8 Å². The molecule has 0 bridgehead atoms. The molecule has 3 aromatic rings. The van der Waals surface area contributed by atoms with Crippen molar-refractivity contribution in [1.82, 2.24) is 9.78 Å². The molecule has 130 valence electrons. The predicted octanol–water partition coefficient (Wildman–Crippen LogP) is 4.57. The number of hydrogen-bond donors (Lipinski definition) is 0. The third-order valence-electron chi connectivity index (χ3n) is 3.86. The Balaban J connectivity index is 2.25. The lowest BCUT2D eigenvalue weighted by Crippen LogP contribution is -2.00. The molecule has 0 radical (unpaired) electrons. The van der Waals surface area contributed by atoms with Gasteiger partial charge in [-0.3, -0.25) is 10.1 Å². The van der Waals surface area contributed by atoms with Crippen LogP contribution in [0, 0.1) is 28.4 Å². The lowest BCUT2D eigenvalue weighted by atomic mass is 10.0. The van der Waals surface area contributed by atoms with Crippen molar-refractivity contribution in [3.63, 3.8) is 0 Å². The van der Waals surface area contributed by atoms with Gasteiger partial charge in [-0.05, 0) is 19.1 Å². The summed E-state index contributed by atoms with van der Waals surface area (Å²) in [6.07, 6.45) is -2.92. The lowest BCUT2D eigenvalue weighted by Gasteiger charge is -2.08. The van der Waals surface area contributed by atoms with Crippen molar-refractivity contribution in [2.45, 2.75) is 13.3 Å². The largest absolute Gasteiger partial charge is 0.283 e. The minimum absolute atomic E-state index is 0.132. The summed E-state index contributed by atoms with van der Waals surface area (Å²) < 4.78 is 27.9. The van der Waals surface area contributed by atoms with Crippen molar-refractivity contribution in [2.75, 3.05) is 0 Å². The maximum Gasteiger partial charge on any atom is 0.283 e. The number of aromatic nitrogens is 2. The second-order valence-corrected chi connectivity index (χ2v) is 5.57. The molecule has 0 saturated heterocycles. The zero-order chi connectivity index (χ0) is 18.8. The van der Waals surface area contributed by atoms with Crippen molar-refractivity contribution < 1.29 is 13.7 Å². The Morgan fingerprint density at radius 3 is 2.27 bits per heavy atom. The van der Waals surface area contributed by atoms with Gasteiger partial charge in [-0.25, -0.2) is 13.5 Å². The van der Waals surface area contributed by atoms with Gasteiger partial charge in [-0.15, -0.1) is 0 Å². The first-order valence-corrected chi connectivity index (χ1v) is 7.55. The zero-order valence-electron chi connectivity index (χ0n) is 13.6. The maximum absolute atomic E-state index is 13.4. The van der Waals surface area contributed by atoms with Crippen molar-refractivity contribution >= 4 is 5.69 Å². The third kappa shape index (κ3) is 3.02. The molecule has 0 spiro atoms. The van der Waals surface area contributed by atoms with Gasteiger partial charge >= 0.3 is 0 Å². The summed E-state index contributed by atoms with van der Waals surface area (Å²) in [5.41, 5.74) is 1.11. The Morgan fingerprint density at radius 1 is 1.15 bits per heavy atom. The number of nitrogens with zero attached hydrogens (tertiary/aromatic N) is 4. The first-order chi connectivity index (χ1) is 12.4. The first kappa shape index (κ1) is 17.2. The number of non-ortho nitro benzene ring substituents is 1. The number of benzene rings is 2. The quantitative estimate of drug-likeness (QED) is 0.507. The molecule has 3 rings (SSSR count). The van der Waals surface area contributed by atoms with E-state index in [9.17, 15) is 24.2 Å². The predicted molar refractivity (Wildman–Crippen MR) is 90.1 cm³/mol. The van der Waals surface area contributed by atoms with Gasteiger partial charge in [0.15, 0.2) is 0 Å². The summed E-state index contributed by atoms with van der Waals surface area (Å²) in [6.45, 7) is 1.88. The van der Waals surface area contributed by atoms with Crippen LogP contribution in [0.25, 0.3) is 16.9 Å². The van der Waals surface area contributed by atoms with Crippen molar-refractivity contribution in [1.29, 1.82) is 5.26 Å². The molecule has 0 aliphatic carbocycles. The van der Waals surface area contributed by atoms with Crippen LogP contribution in [0.15, 0.2) is 48.5 Å². The number of aryl methyl sites for hydroxylation is 1. The molecule has 26 heavy (non-hydrogen) atoms. The van der Waals surface area contributed by atoms with Crippen LogP contribution >= 0.6 is 0 Å². The molecule has 0 saturated carbocycles. The summed E-state index contributed by atoms with van der Waals surface area (Å²) in [5, 5.41) is 24.1. The van der Waals surface area contributed by atoms with Gasteiger partial charge in [-0.2, -0.15) is 10.4 Å². The van der Waals surface area contributed by atoms with E-state index in [-0.39, 0.29) is 16.9 Å². The van der Waals surface area contributed by atoms with E-state index in [4.69, 9.17) is 0 Å². The Labute approximate surface area is 147 Å². The van der Waals surface area contributed by atoms with Gasteiger partial charge in [0, 0.05) is 17.7 Å². The molecular weight excluding hydrogens is 342 g/mol. The number of rotatable bonds is 4. The molecular formula is C18H12F2N4O2. The normalized spacial score (nSPS) is 10.7. The summed E-state index contributed by atoms with van der Waals surface area (Å²) in [6, 6.07) is 14.1. The third-order valence-corrected chi connectivity index (χ3v) is 3.86.